The van der Waals surface area contributed by atoms with Gasteiger partial charge in [-0.25, -0.2) is 0 Å². The normalized spacial score (nSPS) is 20.0. The fraction of sp³-hybridized carbons (Fsp3) is 0.467. The molecule has 0 bridgehead atoms. The van der Waals surface area contributed by atoms with Crippen molar-refractivity contribution in [1.29, 1.82) is 0 Å². The molecule has 1 aromatic rings. The first-order valence-electron chi connectivity index (χ1n) is 6.61. The van der Waals surface area contributed by atoms with E-state index < -0.39 is 17.4 Å². The second kappa shape index (κ2) is 5.87. The molecule has 2 atom stereocenters. The summed E-state index contributed by atoms with van der Waals surface area (Å²) < 4.78 is 4.94. The Kier molecular flexibility index (Phi) is 4.38. The van der Waals surface area contributed by atoms with Gasteiger partial charge < -0.3 is 9.84 Å². The zero-order valence-corrected chi connectivity index (χ0v) is 12.4. The highest BCUT2D eigenvalue weighted by molar-refractivity contribution is 7.99. The molecule has 108 valence electrons. The smallest absolute Gasteiger partial charge is 0.323 e. The Morgan fingerprint density at radius 1 is 1.45 bits per heavy atom. The average molecular weight is 294 g/mol. The maximum absolute atomic E-state index is 12.0. The van der Waals surface area contributed by atoms with E-state index in [4.69, 9.17) is 4.74 Å². The number of thioether (sulfide) groups is 1. The molecule has 1 aromatic carbocycles. The molecule has 0 saturated carbocycles. The van der Waals surface area contributed by atoms with Crippen LogP contribution in [0.4, 0.5) is 0 Å². The molecule has 0 amide bonds. The number of rotatable bonds is 5. The molecular weight excluding hydrogens is 276 g/mol. The van der Waals surface area contributed by atoms with Crippen LogP contribution in [-0.2, 0) is 14.3 Å². The Balaban J connectivity index is 2.22. The first kappa shape index (κ1) is 14.9. The lowest BCUT2D eigenvalue weighted by Gasteiger charge is -2.25. The number of hydrogen-bond donors (Lipinski definition) is 1. The number of ether oxygens (including phenoxy) is 1. The van der Waals surface area contributed by atoms with E-state index in [0.717, 1.165) is 11.3 Å². The number of esters is 1. The van der Waals surface area contributed by atoms with Crippen LogP contribution in [0.3, 0.4) is 0 Å². The molecule has 1 heterocycles. The van der Waals surface area contributed by atoms with Gasteiger partial charge in [-0.05, 0) is 37.8 Å². The van der Waals surface area contributed by atoms with Crippen LogP contribution in [0.15, 0.2) is 29.2 Å². The fourth-order valence-corrected chi connectivity index (χ4v) is 3.69. The summed E-state index contributed by atoms with van der Waals surface area (Å²) in [5.41, 5.74) is -0.354. The summed E-state index contributed by atoms with van der Waals surface area (Å²) in [5, 5.41) is 9.43. The van der Waals surface area contributed by atoms with Gasteiger partial charge in [0.25, 0.3) is 0 Å². The number of carbonyl (C=O) groups is 2. The van der Waals surface area contributed by atoms with Crippen LogP contribution < -0.4 is 0 Å². The Hall–Kier alpha value is -1.49. The summed E-state index contributed by atoms with van der Waals surface area (Å²) in [6, 6.07) is 7.95. The number of benzene rings is 1. The molecule has 0 fully saturated rings. The highest BCUT2D eigenvalue weighted by Crippen LogP contribution is 2.45. The van der Waals surface area contributed by atoms with E-state index >= 15 is 0 Å². The van der Waals surface area contributed by atoms with Gasteiger partial charge in [-0.1, -0.05) is 18.2 Å². The number of carbonyl (C=O) groups excluding carboxylic acids is 1. The molecule has 2 rings (SSSR count). The molecule has 2 unspecified atom stereocenters. The van der Waals surface area contributed by atoms with Crippen molar-refractivity contribution in [3.63, 3.8) is 0 Å². The minimum atomic E-state index is -1.49. The van der Waals surface area contributed by atoms with E-state index in [-0.39, 0.29) is 18.9 Å². The van der Waals surface area contributed by atoms with E-state index in [1.807, 2.05) is 24.3 Å². The lowest BCUT2D eigenvalue weighted by molar-refractivity contribution is -0.168. The number of carboxylic acids is 1. The van der Waals surface area contributed by atoms with Crippen LogP contribution >= 0.6 is 11.8 Å². The Labute approximate surface area is 122 Å². The van der Waals surface area contributed by atoms with Gasteiger partial charge in [0.15, 0.2) is 5.41 Å². The molecule has 0 aromatic heterocycles. The highest BCUT2D eigenvalue weighted by atomic mass is 32.2. The van der Waals surface area contributed by atoms with Crippen LogP contribution in [0.5, 0.6) is 0 Å². The third-order valence-electron chi connectivity index (χ3n) is 3.65. The average Bonchev–Trinajstić information content (AvgIpc) is 2.82. The largest absolute Gasteiger partial charge is 0.480 e. The van der Waals surface area contributed by atoms with Crippen molar-refractivity contribution in [3.05, 3.63) is 29.8 Å². The first-order valence-corrected chi connectivity index (χ1v) is 7.60. The standard InChI is InChI=1S/C15H18O4S/c1-3-19-14(18)15(2,13(16)17)8-10-9-20-12-7-5-4-6-11(10)12/h4-7,10H,3,8-9H2,1-2H3,(H,16,17). The van der Waals surface area contributed by atoms with Crippen LogP contribution in [0.1, 0.15) is 31.7 Å². The first-order chi connectivity index (χ1) is 9.49. The zero-order valence-electron chi connectivity index (χ0n) is 11.6. The fourth-order valence-electron chi connectivity index (χ4n) is 2.44. The molecule has 5 heteroatoms. The summed E-state index contributed by atoms with van der Waals surface area (Å²) in [6.07, 6.45) is 0.269. The monoisotopic (exact) mass is 294 g/mol. The van der Waals surface area contributed by atoms with Gasteiger partial charge in [0, 0.05) is 10.6 Å². The molecular formula is C15H18O4S. The van der Waals surface area contributed by atoms with E-state index in [2.05, 4.69) is 0 Å². The summed E-state index contributed by atoms with van der Waals surface area (Å²) >= 11 is 1.71. The van der Waals surface area contributed by atoms with Crippen molar-refractivity contribution >= 4 is 23.7 Å². The van der Waals surface area contributed by atoms with Crippen molar-refractivity contribution in [2.45, 2.75) is 31.1 Å². The van der Waals surface area contributed by atoms with Gasteiger partial charge in [-0.15, -0.1) is 11.8 Å². The predicted octanol–water partition coefficient (Wildman–Crippen LogP) is 2.92. The molecule has 20 heavy (non-hydrogen) atoms. The van der Waals surface area contributed by atoms with Gasteiger partial charge in [-0.3, -0.25) is 9.59 Å². The number of aliphatic carboxylic acids is 1. The third-order valence-corrected chi connectivity index (χ3v) is 4.90. The lowest BCUT2D eigenvalue weighted by Crippen LogP contribution is -2.39. The van der Waals surface area contributed by atoms with Gasteiger partial charge in [0.05, 0.1) is 6.61 Å². The maximum atomic E-state index is 12.0. The number of carboxylic acid groups (broad SMARTS) is 1. The second-order valence-corrected chi connectivity index (χ2v) is 6.17. The maximum Gasteiger partial charge on any atom is 0.323 e. The summed E-state index contributed by atoms with van der Waals surface area (Å²) in [5.74, 6) is -0.893. The number of fused-ring (bicyclic) bond motifs is 1. The van der Waals surface area contributed by atoms with Crippen molar-refractivity contribution in [2.24, 2.45) is 5.41 Å². The van der Waals surface area contributed by atoms with Crippen molar-refractivity contribution in [1.82, 2.24) is 0 Å². The van der Waals surface area contributed by atoms with Gasteiger partial charge in [0.1, 0.15) is 0 Å². The molecule has 4 nitrogen and oxygen atoms in total. The van der Waals surface area contributed by atoms with Crippen LogP contribution in [-0.4, -0.2) is 29.4 Å². The van der Waals surface area contributed by atoms with Crippen molar-refractivity contribution in [2.75, 3.05) is 12.4 Å². The minimum absolute atomic E-state index is 0.0710. The SMILES string of the molecule is CCOC(=O)C(C)(CC1CSc2ccccc21)C(=O)O. The minimum Gasteiger partial charge on any atom is -0.480 e. The molecule has 0 aliphatic carbocycles. The highest BCUT2D eigenvalue weighted by Gasteiger charge is 2.45. The second-order valence-electron chi connectivity index (χ2n) is 5.11. The van der Waals surface area contributed by atoms with Crippen LogP contribution in [0.25, 0.3) is 0 Å². The van der Waals surface area contributed by atoms with E-state index in [9.17, 15) is 14.7 Å². The van der Waals surface area contributed by atoms with Crippen molar-refractivity contribution in [3.8, 4) is 0 Å². The molecule has 0 saturated heterocycles. The Bertz CT molecular complexity index is 528. The van der Waals surface area contributed by atoms with Crippen LogP contribution in [0, 0.1) is 5.41 Å². The summed E-state index contributed by atoms with van der Waals surface area (Å²) in [7, 11) is 0. The van der Waals surface area contributed by atoms with E-state index in [1.54, 1.807) is 18.7 Å². The number of hydrogen-bond acceptors (Lipinski definition) is 4. The van der Waals surface area contributed by atoms with Gasteiger partial charge in [-0.2, -0.15) is 0 Å². The third kappa shape index (κ3) is 2.68. The molecule has 0 spiro atoms. The van der Waals surface area contributed by atoms with E-state index in [1.165, 1.54) is 11.8 Å². The van der Waals surface area contributed by atoms with Gasteiger partial charge >= 0.3 is 11.9 Å². The van der Waals surface area contributed by atoms with Crippen molar-refractivity contribution < 1.29 is 19.4 Å². The van der Waals surface area contributed by atoms with E-state index in [0.29, 0.717) is 0 Å². The Morgan fingerprint density at radius 2 is 2.15 bits per heavy atom. The zero-order chi connectivity index (χ0) is 14.8. The molecule has 1 aliphatic heterocycles. The molecule has 0 radical (unpaired) electrons. The summed E-state index contributed by atoms with van der Waals surface area (Å²) in [6.45, 7) is 3.33. The van der Waals surface area contributed by atoms with Crippen LogP contribution in [0.2, 0.25) is 0 Å². The molecule has 1 aliphatic rings. The predicted molar refractivity (Wildman–Crippen MR) is 76.9 cm³/mol. The topological polar surface area (TPSA) is 63.6 Å². The van der Waals surface area contributed by atoms with Gasteiger partial charge in [0.2, 0.25) is 0 Å². The Morgan fingerprint density at radius 3 is 2.80 bits per heavy atom. The molecule has 1 N–H and O–H groups in total. The quantitative estimate of drug-likeness (QED) is 0.668. The lowest BCUT2D eigenvalue weighted by atomic mass is 9.79. The summed E-state index contributed by atoms with van der Waals surface area (Å²) in [4.78, 5) is 24.7.